The summed E-state index contributed by atoms with van der Waals surface area (Å²) in [5, 5.41) is 12.4. The van der Waals surface area contributed by atoms with E-state index in [0.29, 0.717) is 6.04 Å². The number of hydrogen-bond donors (Lipinski definition) is 1. The summed E-state index contributed by atoms with van der Waals surface area (Å²) >= 11 is 3.64. The van der Waals surface area contributed by atoms with Crippen molar-refractivity contribution in [3.8, 4) is 0 Å². The molecular formula is C16H19N3S2. The molecule has 0 aliphatic heterocycles. The van der Waals surface area contributed by atoms with E-state index in [2.05, 4.69) is 58.6 Å². The standard InChI is InChI=1S/C16H19N3S2/c1-12-13(11-19(2)18-12)10-17-15(16-6-4-8-21-16)9-14-5-3-7-20-14/h3-8,11,15,17H,9-10H2,1-2H3. The first-order valence-corrected chi connectivity index (χ1v) is 8.76. The SMILES string of the molecule is Cc1nn(C)cc1CNC(Cc1cccs1)c1cccs1. The van der Waals surface area contributed by atoms with Crippen molar-refractivity contribution >= 4 is 22.7 Å². The van der Waals surface area contributed by atoms with Crippen LogP contribution in [0.25, 0.3) is 0 Å². The molecule has 1 unspecified atom stereocenters. The van der Waals surface area contributed by atoms with Gasteiger partial charge in [-0.3, -0.25) is 4.68 Å². The average molecular weight is 317 g/mol. The first kappa shape index (κ1) is 14.5. The van der Waals surface area contributed by atoms with Gasteiger partial charge < -0.3 is 5.32 Å². The fraction of sp³-hybridized carbons (Fsp3) is 0.312. The van der Waals surface area contributed by atoms with E-state index in [-0.39, 0.29) is 0 Å². The number of nitrogens with one attached hydrogen (secondary N) is 1. The van der Waals surface area contributed by atoms with E-state index in [1.807, 2.05) is 34.4 Å². The Balaban J connectivity index is 1.72. The zero-order valence-electron chi connectivity index (χ0n) is 12.2. The second kappa shape index (κ2) is 6.56. The van der Waals surface area contributed by atoms with Crippen molar-refractivity contribution in [1.29, 1.82) is 0 Å². The van der Waals surface area contributed by atoms with Gasteiger partial charge in [0, 0.05) is 47.6 Å². The van der Waals surface area contributed by atoms with Crippen molar-refractivity contribution in [2.75, 3.05) is 0 Å². The molecule has 3 heterocycles. The summed E-state index contributed by atoms with van der Waals surface area (Å²) in [6.45, 7) is 2.92. The summed E-state index contributed by atoms with van der Waals surface area (Å²) in [7, 11) is 1.97. The zero-order chi connectivity index (χ0) is 14.7. The molecule has 3 nitrogen and oxygen atoms in total. The second-order valence-corrected chi connectivity index (χ2v) is 7.16. The Morgan fingerprint density at radius 3 is 2.67 bits per heavy atom. The van der Waals surface area contributed by atoms with E-state index in [1.54, 1.807) is 0 Å². The van der Waals surface area contributed by atoms with Gasteiger partial charge in [-0.2, -0.15) is 5.10 Å². The van der Waals surface area contributed by atoms with Gasteiger partial charge in [0.1, 0.15) is 0 Å². The minimum absolute atomic E-state index is 0.364. The van der Waals surface area contributed by atoms with Gasteiger partial charge in [0.2, 0.25) is 0 Å². The highest BCUT2D eigenvalue weighted by atomic mass is 32.1. The average Bonchev–Trinajstić information content (AvgIpc) is 3.16. The predicted octanol–water partition coefficient (Wildman–Crippen LogP) is 3.93. The molecule has 0 radical (unpaired) electrons. The van der Waals surface area contributed by atoms with Gasteiger partial charge in [-0.15, -0.1) is 22.7 Å². The molecule has 3 aromatic heterocycles. The van der Waals surface area contributed by atoms with Crippen molar-refractivity contribution in [3.63, 3.8) is 0 Å². The van der Waals surface area contributed by atoms with Crippen LogP contribution in [0.3, 0.4) is 0 Å². The van der Waals surface area contributed by atoms with Gasteiger partial charge in [-0.05, 0) is 29.8 Å². The second-order valence-electron chi connectivity index (χ2n) is 5.15. The molecule has 0 bridgehead atoms. The molecule has 5 heteroatoms. The quantitative estimate of drug-likeness (QED) is 0.746. The van der Waals surface area contributed by atoms with Gasteiger partial charge in [0.05, 0.1) is 5.69 Å². The van der Waals surface area contributed by atoms with Crippen LogP contribution in [0, 0.1) is 6.92 Å². The molecule has 0 amide bonds. The summed E-state index contributed by atoms with van der Waals surface area (Å²) in [6.07, 6.45) is 3.14. The normalized spacial score (nSPS) is 12.7. The lowest BCUT2D eigenvalue weighted by atomic mass is 10.1. The van der Waals surface area contributed by atoms with E-state index >= 15 is 0 Å². The third kappa shape index (κ3) is 3.61. The van der Waals surface area contributed by atoms with Crippen LogP contribution in [-0.4, -0.2) is 9.78 Å². The number of hydrogen-bond acceptors (Lipinski definition) is 4. The Morgan fingerprint density at radius 2 is 2.05 bits per heavy atom. The monoisotopic (exact) mass is 317 g/mol. The van der Waals surface area contributed by atoms with Crippen molar-refractivity contribution < 1.29 is 0 Å². The van der Waals surface area contributed by atoms with E-state index in [0.717, 1.165) is 18.7 Å². The van der Waals surface area contributed by atoms with E-state index in [1.165, 1.54) is 15.3 Å². The highest BCUT2D eigenvalue weighted by molar-refractivity contribution is 7.10. The summed E-state index contributed by atoms with van der Waals surface area (Å²) in [5.74, 6) is 0. The minimum atomic E-state index is 0.364. The number of aryl methyl sites for hydroxylation is 2. The van der Waals surface area contributed by atoms with Gasteiger partial charge >= 0.3 is 0 Å². The molecule has 0 saturated heterocycles. The van der Waals surface area contributed by atoms with Crippen LogP contribution >= 0.6 is 22.7 Å². The summed E-state index contributed by atoms with van der Waals surface area (Å²) in [5.41, 5.74) is 2.37. The van der Waals surface area contributed by atoms with Crippen molar-refractivity contribution in [3.05, 3.63) is 62.2 Å². The highest BCUT2D eigenvalue weighted by Gasteiger charge is 2.14. The Morgan fingerprint density at radius 1 is 1.24 bits per heavy atom. The predicted molar refractivity (Wildman–Crippen MR) is 89.9 cm³/mol. The van der Waals surface area contributed by atoms with Crippen LogP contribution in [0.1, 0.15) is 27.1 Å². The Labute approximate surface area is 133 Å². The molecule has 1 N–H and O–H groups in total. The van der Waals surface area contributed by atoms with Gasteiger partial charge in [0.25, 0.3) is 0 Å². The van der Waals surface area contributed by atoms with E-state index < -0.39 is 0 Å². The molecule has 3 aromatic rings. The van der Waals surface area contributed by atoms with Crippen LogP contribution in [0.5, 0.6) is 0 Å². The molecule has 110 valence electrons. The third-order valence-corrected chi connectivity index (χ3v) is 5.41. The van der Waals surface area contributed by atoms with Gasteiger partial charge in [-0.25, -0.2) is 0 Å². The number of nitrogens with zero attached hydrogens (tertiary/aromatic N) is 2. The summed E-state index contributed by atoms with van der Waals surface area (Å²) in [6, 6.07) is 9.03. The maximum Gasteiger partial charge on any atom is 0.0638 e. The van der Waals surface area contributed by atoms with Crippen LogP contribution in [-0.2, 0) is 20.0 Å². The lowest BCUT2D eigenvalue weighted by Gasteiger charge is -2.16. The van der Waals surface area contributed by atoms with Crippen LogP contribution < -0.4 is 5.32 Å². The van der Waals surface area contributed by atoms with E-state index in [4.69, 9.17) is 0 Å². The highest BCUT2D eigenvalue weighted by Crippen LogP contribution is 2.25. The molecular weight excluding hydrogens is 298 g/mol. The third-order valence-electron chi connectivity index (χ3n) is 3.53. The molecule has 0 aliphatic carbocycles. The minimum Gasteiger partial charge on any atom is -0.305 e. The Kier molecular flexibility index (Phi) is 4.53. The van der Waals surface area contributed by atoms with Crippen LogP contribution in [0.2, 0.25) is 0 Å². The summed E-state index contributed by atoms with van der Waals surface area (Å²) in [4.78, 5) is 2.81. The number of aromatic nitrogens is 2. The van der Waals surface area contributed by atoms with Crippen LogP contribution in [0.4, 0.5) is 0 Å². The fourth-order valence-electron chi connectivity index (χ4n) is 2.45. The summed E-state index contributed by atoms with van der Waals surface area (Å²) < 4.78 is 1.88. The van der Waals surface area contributed by atoms with Crippen molar-refractivity contribution in [2.45, 2.75) is 25.9 Å². The number of rotatable bonds is 6. The fourth-order valence-corrected chi connectivity index (χ4v) is 4.00. The van der Waals surface area contributed by atoms with Gasteiger partial charge in [-0.1, -0.05) is 12.1 Å². The molecule has 0 fully saturated rings. The van der Waals surface area contributed by atoms with E-state index in [9.17, 15) is 0 Å². The Bertz CT molecular complexity index is 669. The molecule has 1 atom stereocenters. The zero-order valence-corrected chi connectivity index (χ0v) is 13.9. The van der Waals surface area contributed by atoms with Crippen molar-refractivity contribution in [2.24, 2.45) is 7.05 Å². The molecule has 3 rings (SSSR count). The Hall–Kier alpha value is -1.43. The lowest BCUT2D eigenvalue weighted by Crippen LogP contribution is -2.22. The first-order chi connectivity index (χ1) is 10.2. The van der Waals surface area contributed by atoms with Crippen molar-refractivity contribution in [1.82, 2.24) is 15.1 Å². The molecule has 0 spiro atoms. The molecule has 21 heavy (non-hydrogen) atoms. The molecule has 0 aliphatic rings. The maximum atomic E-state index is 4.41. The number of thiophene rings is 2. The molecule has 0 aromatic carbocycles. The van der Waals surface area contributed by atoms with Gasteiger partial charge in [0.15, 0.2) is 0 Å². The lowest BCUT2D eigenvalue weighted by molar-refractivity contribution is 0.540. The maximum absolute atomic E-state index is 4.41. The molecule has 0 saturated carbocycles. The topological polar surface area (TPSA) is 29.9 Å². The van der Waals surface area contributed by atoms with Crippen LogP contribution in [0.15, 0.2) is 41.2 Å². The smallest absolute Gasteiger partial charge is 0.0638 e. The largest absolute Gasteiger partial charge is 0.305 e. The first-order valence-electron chi connectivity index (χ1n) is 7.00.